The number of benzene rings is 1. The number of rotatable bonds is 3. The van der Waals surface area contributed by atoms with Crippen molar-refractivity contribution < 1.29 is 0 Å². The van der Waals surface area contributed by atoms with Crippen LogP contribution in [0.4, 0.5) is 0 Å². The highest BCUT2D eigenvalue weighted by Gasteiger charge is 2.01. The number of hydrogen-bond donors (Lipinski definition) is 0. The second-order valence-electron chi connectivity index (χ2n) is 4.12. The zero-order chi connectivity index (χ0) is 10.7. The number of thiazole rings is 1. The maximum atomic E-state index is 4.17. The first-order valence-corrected chi connectivity index (χ1v) is 6.04. The highest BCUT2D eigenvalue weighted by atomic mass is 32.1. The van der Waals surface area contributed by atoms with Crippen LogP contribution in [0.15, 0.2) is 29.6 Å². The van der Waals surface area contributed by atoms with Crippen LogP contribution in [-0.4, -0.2) is 4.98 Å². The van der Waals surface area contributed by atoms with Crippen LogP contribution < -0.4 is 0 Å². The number of nitrogens with zero attached hydrogens (tertiary/aromatic N) is 1. The van der Waals surface area contributed by atoms with Crippen LogP contribution in [0.25, 0.3) is 11.3 Å². The lowest BCUT2D eigenvalue weighted by Gasteiger charge is -2.05. The van der Waals surface area contributed by atoms with Gasteiger partial charge in [-0.05, 0) is 17.9 Å². The van der Waals surface area contributed by atoms with Crippen molar-refractivity contribution in [1.29, 1.82) is 0 Å². The molecule has 0 aliphatic heterocycles. The Labute approximate surface area is 94.8 Å². The number of aromatic nitrogens is 1. The summed E-state index contributed by atoms with van der Waals surface area (Å²) in [5, 5.41) is 2.03. The molecule has 2 rings (SSSR count). The van der Waals surface area contributed by atoms with Crippen molar-refractivity contribution in [2.24, 2.45) is 5.92 Å². The summed E-state index contributed by atoms with van der Waals surface area (Å²) in [4.78, 5) is 4.17. The summed E-state index contributed by atoms with van der Waals surface area (Å²) < 4.78 is 0. The van der Waals surface area contributed by atoms with E-state index in [1.54, 1.807) is 0 Å². The molecule has 0 atom stereocenters. The van der Waals surface area contributed by atoms with Gasteiger partial charge in [-0.15, -0.1) is 11.3 Å². The Morgan fingerprint density at radius 3 is 2.53 bits per heavy atom. The summed E-state index contributed by atoms with van der Waals surface area (Å²) in [7, 11) is 0. The fourth-order valence-electron chi connectivity index (χ4n) is 1.60. The Balaban J connectivity index is 2.17. The van der Waals surface area contributed by atoms with Crippen molar-refractivity contribution >= 4 is 11.3 Å². The van der Waals surface area contributed by atoms with Gasteiger partial charge in [0.2, 0.25) is 0 Å². The molecule has 0 aliphatic carbocycles. The minimum Gasteiger partial charge on any atom is -0.233 e. The predicted octanol–water partition coefficient (Wildman–Crippen LogP) is 3.81. The standard InChI is InChI=1S/C13H14NS/c1-10(2)7-11-3-5-12(6-4-11)13-8-15-9-14-13/h3-6,8,10H,7H2,1-2H3. The fraction of sp³-hybridized carbons (Fsp3) is 0.308. The topological polar surface area (TPSA) is 12.9 Å². The highest BCUT2D eigenvalue weighted by Crippen LogP contribution is 2.20. The molecule has 0 aliphatic rings. The molecule has 0 unspecified atom stereocenters. The molecule has 15 heavy (non-hydrogen) atoms. The van der Waals surface area contributed by atoms with Gasteiger partial charge in [-0.3, -0.25) is 0 Å². The van der Waals surface area contributed by atoms with E-state index < -0.39 is 0 Å². The molecule has 0 bridgehead atoms. The van der Waals surface area contributed by atoms with E-state index in [9.17, 15) is 0 Å². The normalized spacial score (nSPS) is 10.9. The van der Waals surface area contributed by atoms with Crippen LogP contribution in [0, 0.1) is 11.4 Å². The molecule has 0 spiro atoms. The van der Waals surface area contributed by atoms with Gasteiger partial charge in [-0.25, -0.2) is 4.98 Å². The van der Waals surface area contributed by atoms with Crippen molar-refractivity contribution in [3.8, 4) is 11.3 Å². The summed E-state index contributed by atoms with van der Waals surface area (Å²) in [5.74, 6) is 0.712. The maximum absolute atomic E-state index is 4.17. The second kappa shape index (κ2) is 4.58. The molecule has 1 nitrogen and oxygen atoms in total. The fourth-order valence-corrected chi connectivity index (χ4v) is 2.10. The van der Waals surface area contributed by atoms with Crippen LogP contribution in [0.2, 0.25) is 0 Å². The Hall–Kier alpha value is -1.15. The van der Waals surface area contributed by atoms with Crippen molar-refractivity contribution in [2.75, 3.05) is 0 Å². The average molecular weight is 216 g/mol. The van der Waals surface area contributed by atoms with E-state index in [0.717, 1.165) is 12.1 Å². The molecule has 2 aromatic rings. The largest absolute Gasteiger partial charge is 0.233 e. The van der Waals surface area contributed by atoms with Gasteiger partial charge in [0.25, 0.3) is 0 Å². The van der Waals surface area contributed by atoms with Gasteiger partial charge in [0, 0.05) is 10.9 Å². The van der Waals surface area contributed by atoms with Crippen molar-refractivity contribution in [3.05, 3.63) is 40.7 Å². The van der Waals surface area contributed by atoms with E-state index in [1.165, 1.54) is 22.5 Å². The van der Waals surface area contributed by atoms with Crippen molar-refractivity contribution in [3.63, 3.8) is 0 Å². The molecule has 1 aromatic carbocycles. The molecule has 2 heteroatoms. The molecule has 0 N–H and O–H groups in total. The molecule has 0 saturated carbocycles. The molecule has 0 saturated heterocycles. The highest BCUT2D eigenvalue weighted by molar-refractivity contribution is 7.07. The van der Waals surface area contributed by atoms with E-state index in [0.29, 0.717) is 5.92 Å². The van der Waals surface area contributed by atoms with Gasteiger partial charge in [-0.2, -0.15) is 0 Å². The van der Waals surface area contributed by atoms with E-state index >= 15 is 0 Å². The summed E-state index contributed by atoms with van der Waals surface area (Å²) in [5.41, 5.74) is 6.47. The molecule has 1 heterocycles. The van der Waals surface area contributed by atoms with E-state index in [1.807, 2.05) is 5.38 Å². The molecule has 1 aromatic heterocycles. The Morgan fingerprint density at radius 2 is 2.00 bits per heavy atom. The summed E-state index contributed by atoms with van der Waals surface area (Å²) >= 11 is 1.51. The lowest BCUT2D eigenvalue weighted by molar-refractivity contribution is 0.647. The molecule has 0 amide bonds. The van der Waals surface area contributed by atoms with Gasteiger partial charge in [0.1, 0.15) is 0 Å². The third-order valence-corrected chi connectivity index (χ3v) is 2.82. The first kappa shape index (κ1) is 10.4. The lowest BCUT2D eigenvalue weighted by Crippen LogP contribution is -1.93. The van der Waals surface area contributed by atoms with Crippen LogP contribution in [0.5, 0.6) is 0 Å². The Bertz CT molecular complexity index is 401. The van der Waals surface area contributed by atoms with Gasteiger partial charge in [0.15, 0.2) is 5.51 Å². The summed E-state index contributed by atoms with van der Waals surface area (Å²) in [6.07, 6.45) is 1.14. The van der Waals surface area contributed by atoms with E-state index in [-0.39, 0.29) is 0 Å². The second-order valence-corrected chi connectivity index (χ2v) is 4.77. The molecular weight excluding hydrogens is 202 g/mol. The van der Waals surface area contributed by atoms with Crippen LogP contribution in [0.1, 0.15) is 19.4 Å². The van der Waals surface area contributed by atoms with Crippen molar-refractivity contribution in [2.45, 2.75) is 20.3 Å². The first-order chi connectivity index (χ1) is 7.25. The summed E-state index contributed by atoms with van der Waals surface area (Å²) in [6.45, 7) is 4.48. The monoisotopic (exact) mass is 216 g/mol. The zero-order valence-corrected chi connectivity index (χ0v) is 9.84. The van der Waals surface area contributed by atoms with Gasteiger partial charge in [0.05, 0.1) is 5.69 Å². The third kappa shape index (κ3) is 2.66. The SMILES string of the molecule is CC(C)Cc1ccc(-c2cs[c]n2)cc1. The van der Waals surface area contributed by atoms with Gasteiger partial charge in [-0.1, -0.05) is 38.1 Å². The van der Waals surface area contributed by atoms with Crippen LogP contribution >= 0.6 is 11.3 Å². The van der Waals surface area contributed by atoms with E-state index in [4.69, 9.17) is 0 Å². The molecule has 77 valence electrons. The van der Waals surface area contributed by atoms with E-state index in [2.05, 4.69) is 48.6 Å². The minimum atomic E-state index is 0.712. The minimum absolute atomic E-state index is 0.712. The first-order valence-electron chi connectivity index (χ1n) is 5.16. The quantitative estimate of drug-likeness (QED) is 0.760. The molecular formula is C13H14NS. The zero-order valence-electron chi connectivity index (χ0n) is 9.03. The van der Waals surface area contributed by atoms with Gasteiger partial charge < -0.3 is 0 Å². The Morgan fingerprint density at radius 1 is 1.27 bits per heavy atom. The average Bonchev–Trinajstić information content (AvgIpc) is 2.71. The van der Waals surface area contributed by atoms with Crippen LogP contribution in [-0.2, 0) is 6.42 Å². The molecule has 1 radical (unpaired) electrons. The predicted molar refractivity (Wildman–Crippen MR) is 64.9 cm³/mol. The third-order valence-electron chi connectivity index (χ3n) is 2.28. The Kier molecular flexibility index (Phi) is 3.17. The smallest absolute Gasteiger partial charge is 0.152 e. The number of hydrogen-bond acceptors (Lipinski definition) is 2. The molecule has 0 fully saturated rings. The van der Waals surface area contributed by atoms with Crippen molar-refractivity contribution in [1.82, 2.24) is 4.98 Å². The van der Waals surface area contributed by atoms with Crippen LogP contribution in [0.3, 0.4) is 0 Å². The lowest BCUT2D eigenvalue weighted by atomic mass is 10.0. The summed E-state index contributed by atoms with van der Waals surface area (Å²) in [6, 6.07) is 8.66. The maximum Gasteiger partial charge on any atom is 0.152 e. The van der Waals surface area contributed by atoms with Gasteiger partial charge >= 0.3 is 0 Å².